The minimum absolute atomic E-state index is 0.127. The minimum Gasteiger partial charge on any atom is -0.351 e. The number of hydrogen-bond acceptors (Lipinski definition) is 5. The summed E-state index contributed by atoms with van der Waals surface area (Å²) in [5, 5.41) is 6.41. The van der Waals surface area contributed by atoms with E-state index in [9.17, 15) is 9.59 Å². The molecule has 7 heteroatoms. The Bertz CT molecular complexity index is 561. The highest BCUT2D eigenvalue weighted by atomic mass is 32.2. The minimum atomic E-state index is -0.244. The number of carbonyl (C=O) groups is 2. The number of rotatable bonds is 8. The van der Waals surface area contributed by atoms with Crippen LogP contribution in [0.5, 0.6) is 0 Å². The molecule has 0 aromatic carbocycles. The van der Waals surface area contributed by atoms with Crippen LogP contribution in [-0.4, -0.2) is 59.7 Å². The Morgan fingerprint density at radius 3 is 2.79 bits per heavy atom. The summed E-state index contributed by atoms with van der Waals surface area (Å²) in [4.78, 5) is 31.0. The molecule has 0 radical (unpaired) electrons. The molecule has 1 atom stereocenters. The van der Waals surface area contributed by atoms with Gasteiger partial charge in [0.15, 0.2) is 0 Å². The molecule has 0 saturated carbocycles. The monoisotopic (exact) mass is 350 g/mol. The molecule has 0 bridgehead atoms. The summed E-state index contributed by atoms with van der Waals surface area (Å²) in [6.07, 6.45) is 3.81. The van der Waals surface area contributed by atoms with Gasteiger partial charge in [-0.1, -0.05) is 18.7 Å². The summed E-state index contributed by atoms with van der Waals surface area (Å²) >= 11 is 1.36. The van der Waals surface area contributed by atoms with Gasteiger partial charge in [-0.2, -0.15) is 0 Å². The predicted octanol–water partition coefficient (Wildman–Crippen LogP) is 1.52. The summed E-state index contributed by atoms with van der Waals surface area (Å²) in [6.45, 7) is 7.75. The lowest BCUT2D eigenvalue weighted by atomic mass is 10.2. The fourth-order valence-corrected chi connectivity index (χ4v) is 3.60. The predicted molar refractivity (Wildman–Crippen MR) is 96.2 cm³/mol. The Labute approximate surface area is 147 Å². The van der Waals surface area contributed by atoms with E-state index < -0.39 is 0 Å². The molecule has 1 aliphatic rings. The van der Waals surface area contributed by atoms with E-state index in [-0.39, 0.29) is 17.1 Å². The molecule has 2 amide bonds. The number of aromatic nitrogens is 1. The third-order valence-corrected chi connectivity index (χ3v) is 5.01. The summed E-state index contributed by atoms with van der Waals surface area (Å²) < 4.78 is 0. The first-order chi connectivity index (χ1) is 11.6. The van der Waals surface area contributed by atoms with Crippen molar-refractivity contribution in [3.8, 4) is 0 Å². The third-order valence-electron chi connectivity index (χ3n) is 3.91. The molecular weight excluding hydrogens is 324 g/mol. The molecule has 1 aromatic heterocycles. The quantitative estimate of drug-likeness (QED) is 0.549. The van der Waals surface area contributed by atoms with Crippen LogP contribution in [0, 0.1) is 0 Å². The van der Waals surface area contributed by atoms with E-state index in [0.29, 0.717) is 17.1 Å². The number of likely N-dealkylation sites (tertiary alicyclic amines) is 1. The van der Waals surface area contributed by atoms with E-state index >= 15 is 0 Å². The summed E-state index contributed by atoms with van der Waals surface area (Å²) in [6, 6.07) is 3.50. The van der Waals surface area contributed by atoms with E-state index in [4.69, 9.17) is 0 Å². The van der Waals surface area contributed by atoms with Crippen LogP contribution in [0.3, 0.4) is 0 Å². The molecule has 1 unspecified atom stereocenters. The van der Waals surface area contributed by atoms with E-state index in [2.05, 4.69) is 15.6 Å². The second kappa shape index (κ2) is 9.64. The molecule has 24 heavy (non-hydrogen) atoms. The molecule has 1 aromatic rings. The van der Waals surface area contributed by atoms with Gasteiger partial charge >= 0.3 is 0 Å². The highest BCUT2D eigenvalue weighted by molar-refractivity contribution is 8.00. The van der Waals surface area contributed by atoms with Gasteiger partial charge in [0.05, 0.1) is 10.8 Å². The van der Waals surface area contributed by atoms with E-state index in [1.54, 1.807) is 18.3 Å². The first-order valence-electron chi connectivity index (χ1n) is 8.53. The summed E-state index contributed by atoms with van der Waals surface area (Å²) in [5.74, 6) is -0.0222. The Morgan fingerprint density at radius 2 is 2.08 bits per heavy atom. The van der Waals surface area contributed by atoms with E-state index in [1.165, 1.54) is 11.8 Å². The van der Waals surface area contributed by atoms with Crippen molar-refractivity contribution in [1.29, 1.82) is 0 Å². The second-order valence-corrected chi connectivity index (χ2v) is 7.09. The number of nitrogens with zero attached hydrogens (tertiary/aromatic N) is 2. The van der Waals surface area contributed by atoms with Gasteiger partial charge in [0.1, 0.15) is 5.03 Å². The zero-order valence-electron chi connectivity index (χ0n) is 14.4. The van der Waals surface area contributed by atoms with Crippen LogP contribution in [0.1, 0.15) is 37.0 Å². The normalized spacial score (nSPS) is 15.3. The van der Waals surface area contributed by atoms with E-state index in [1.807, 2.05) is 18.7 Å². The molecule has 6 nitrogen and oxygen atoms in total. The van der Waals surface area contributed by atoms with Crippen molar-refractivity contribution in [3.63, 3.8) is 0 Å². The van der Waals surface area contributed by atoms with Crippen LogP contribution in [0.25, 0.3) is 0 Å². The number of likely N-dealkylation sites (N-methyl/N-ethyl adjacent to an activating group) is 1. The molecule has 132 valence electrons. The lowest BCUT2D eigenvalue weighted by Gasteiger charge is -2.20. The lowest BCUT2D eigenvalue weighted by molar-refractivity contribution is -0.129. The van der Waals surface area contributed by atoms with E-state index in [0.717, 1.165) is 39.0 Å². The summed E-state index contributed by atoms with van der Waals surface area (Å²) in [5.41, 5.74) is 0.528. The Hall–Kier alpha value is -1.60. The van der Waals surface area contributed by atoms with Gasteiger partial charge in [0.25, 0.3) is 5.91 Å². The van der Waals surface area contributed by atoms with Crippen molar-refractivity contribution >= 4 is 23.6 Å². The maximum atomic E-state index is 12.4. The number of nitrogens with one attached hydrogen (secondary N) is 2. The third kappa shape index (κ3) is 5.21. The van der Waals surface area contributed by atoms with Gasteiger partial charge in [-0.3, -0.25) is 9.59 Å². The van der Waals surface area contributed by atoms with Crippen molar-refractivity contribution in [2.45, 2.75) is 37.0 Å². The van der Waals surface area contributed by atoms with Crippen LogP contribution in [0.2, 0.25) is 0 Å². The van der Waals surface area contributed by atoms with Crippen LogP contribution >= 0.6 is 11.8 Å². The number of hydrogen-bond donors (Lipinski definition) is 2. The van der Waals surface area contributed by atoms with Crippen molar-refractivity contribution in [2.24, 2.45) is 0 Å². The van der Waals surface area contributed by atoms with Crippen molar-refractivity contribution in [3.05, 3.63) is 23.9 Å². The molecule has 1 aliphatic heterocycles. The fourth-order valence-electron chi connectivity index (χ4n) is 2.61. The largest absolute Gasteiger partial charge is 0.351 e. The highest BCUT2D eigenvalue weighted by Crippen LogP contribution is 2.26. The van der Waals surface area contributed by atoms with Gasteiger partial charge < -0.3 is 15.5 Å². The SMILES string of the molecule is CCNCCNC(=O)c1cccnc1SC(C)C(=O)N1CCCC1. The van der Waals surface area contributed by atoms with Gasteiger partial charge in [-0.05, 0) is 38.4 Å². The number of amides is 2. The van der Waals surface area contributed by atoms with Gasteiger partial charge in [0, 0.05) is 32.4 Å². The summed E-state index contributed by atoms with van der Waals surface area (Å²) in [7, 11) is 0. The number of pyridine rings is 1. The Balaban J connectivity index is 1.97. The molecule has 1 fully saturated rings. The van der Waals surface area contributed by atoms with Crippen LogP contribution < -0.4 is 10.6 Å². The molecule has 0 aliphatic carbocycles. The maximum absolute atomic E-state index is 12.4. The zero-order valence-corrected chi connectivity index (χ0v) is 15.2. The van der Waals surface area contributed by atoms with Crippen LogP contribution in [0.4, 0.5) is 0 Å². The zero-order chi connectivity index (χ0) is 17.4. The molecule has 1 saturated heterocycles. The first kappa shape index (κ1) is 18.7. The average molecular weight is 350 g/mol. The van der Waals surface area contributed by atoms with Crippen LogP contribution in [-0.2, 0) is 4.79 Å². The van der Waals surface area contributed by atoms with Crippen molar-refractivity contribution < 1.29 is 9.59 Å². The van der Waals surface area contributed by atoms with Gasteiger partial charge in [0.2, 0.25) is 5.91 Å². The van der Waals surface area contributed by atoms with Gasteiger partial charge in [-0.15, -0.1) is 0 Å². The molecular formula is C17H26N4O2S. The van der Waals surface area contributed by atoms with Gasteiger partial charge in [-0.25, -0.2) is 4.98 Å². The molecule has 2 rings (SSSR count). The fraction of sp³-hybridized carbons (Fsp3) is 0.588. The smallest absolute Gasteiger partial charge is 0.254 e. The topological polar surface area (TPSA) is 74.3 Å². The number of carbonyl (C=O) groups excluding carboxylic acids is 2. The molecule has 2 N–H and O–H groups in total. The highest BCUT2D eigenvalue weighted by Gasteiger charge is 2.25. The molecule has 0 spiro atoms. The lowest BCUT2D eigenvalue weighted by Crippen LogP contribution is -2.34. The Morgan fingerprint density at radius 1 is 1.33 bits per heavy atom. The Kier molecular flexibility index (Phi) is 7.52. The molecule has 2 heterocycles. The maximum Gasteiger partial charge on any atom is 0.254 e. The van der Waals surface area contributed by atoms with Crippen LogP contribution in [0.15, 0.2) is 23.4 Å². The van der Waals surface area contributed by atoms with Crippen molar-refractivity contribution in [1.82, 2.24) is 20.5 Å². The van der Waals surface area contributed by atoms with Crippen molar-refractivity contribution in [2.75, 3.05) is 32.7 Å². The number of thioether (sulfide) groups is 1. The second-order valence-electron chi connectivity index (χ2n) is 5.76. The average Bonchev–Trinajstić information content (AvgIpc) is 3.13. The first-order valence-corrected chi connectivity index (χ1v) is 9.40. The standard InChI is InChI=1S/C17H26N4O2S/c1-3-18-9-10-19-15(22)14-7-6-8-20-16(14)24-13(2)17(23)21-11-4-5-12-21/h6-8,13,18H,3-5,9-12H2,1-2H3,(H,19,22).